The molecule has 1 saturated heterocycles. The number of aliphatic hydroxyl groups excluding tert-OH is 1. The summed E-state index contributed by atoms with van der Waals surface area (Å²) >= 11 is 0. The van der Waals surface area contributed by atoms with E-state index in [0.717, 1.165) is 30.6 Å². The summed E-state index contributed by atoms with van der Waals surface area (Å²) in [5.41, 5.74) is 1.65. The van der Waals surface area contributed by atoms with Gasteiger partial charge in [0.15, 0.2) is 0 Å². The molecular formula is C14H23N3O. The minimum atomic E-state index is -0.0121. The van der Waals surface area contributed by atoms with Crippen molar-refractivity contribution in [3.63, 3.8) is 0 Å². The fraction of sp³-hybridized carbons (Fsp3) is 0.714. The van der Waals surface area contributed by atoms with Crippen LogP contribution in [0.5, 0.6) is 0 Å². The van der Waals surface area contributed by atoms with Crippen molar-refractivity contribution < 1.29 is 5.11 Å². The van der Waals surface area contributed by atoms with E-state index in [0.29, 0.717) is 5.69 Å². The molecule has 0 aliphatic carbocycles. The van der Waals surface area contributed by atoms with Crippen LogP contribution < -0.4 is 4.90 Å². The molecule has 0 spiro atoms. The summed E-state index contributed by atoms with van der Waals surface area (Å²) in [5.74, 6) is 1.63. The van der Waals surface area contributed by atoms with Crippen LogP contribution in [0.3, 0.4) is 0 Å². The maximum Gasteiger partial charge on any atom is 0.225 e. The molecule has 18 heavy (non-hydrogen) atoms. The Morgan fingerprint density at radius 1 is 1.33 bits per heavy atom. The maximum atomic E-state index is 9.21. The van der Waals surface area contributed by atoms with Crippen molar-refractivity contribution in [2.75, 3.05) is 18.0 Å². The normalized spacial score (nSPS) is 20.8. The molecule has 0 amide bonds. The van der Waals surface area contributed by atoms with Gasteiger partial charge >= 0.3 is 0 Å². The van der Waals surface area contributed by atoms with Crippen molar-refractivity contribution in [3.05, 3.63) is 17.5 Å². The highest BCUT2D eigenvalue weighted by Crippen LogP contribution is 2.22. The van der Waals surface area contributed by atoms with Gasteiger partial charge in [-0.1, -0.05) is 13.3 Å². The van der Waals surface area contributed by atoms with Gasteiger partial charge < -0.3 is 10.0 Å². The summed E-state index contributed by atoms with van der Waals surface area (Å²) < 4.78 is 0. The zero-order valence-electron chi connectivity index (χ0n) is 11.4. The predicted molar refractivity (Wildman–Crippen MR) is 72.5 cm³/mol. The third-order valence-electron chi connectivity index (χ3n) is 3.77. The van der Waals surface area contributed by atoms with Gasteiger partial charge in [0, 0.05) is 18.8 Å². The van der Waals surface area contributed by atoms with Crippen LogP contribution in [0.25, 0.3) is 0 Å². The number of aryl methyl sites for hydroxylation is 1. The number of hydrogen-bond donors (Lipinski definition) is 1. The first-order chi connectivity index (χ1) is 8.72. The number of rotatable bonds is 3. The Labute approximate surface area is 109 Å². The first-order valence-electron chi connectivity index (χ1n) is 6.93. The van der Waals surface area contributed by atoms with Gasteiger partial charge in [-0.15, -0.1) is 0 Å². The van der Waals surface area contributed by atoms with Crippen LogP contribution in [0.15, 0.2) is 6.07 Å². The van der Waals surface area contributed by atoms with Crippen LogP contribution in [0.2, 0.25) is 0 Å². The molecule has 0 bridgehead atoms. The van der Waals surface area contributed by atoms with Crippen LogP contribution in [-0.4, -0.2) is 28.2 Å². The van der Waals surface area contributed by atoms with E-state index >= 15 is 0 Å². The lowest BCUT2D eigenvalue weighted by molar-refractivity contribution is 0.276. The summed E-state index contributed by atoms with van der Waals surface area (Å²) in [4.78, 5) is 11.2. The lowest BCUT2D eigenvalue weighted by Gasteiger charge is -2.21. The number of nitrogens with zero attached hydrogens (tertiary/aromatic N) is 3. The van der Waals surface area contributed by atoms with E-state index in [2.05, 4.69) is 21.8 Å². The Morgan fingerprint density at radius 3 is 2.89 bits per heavy atom. The summed E-state index contributed by atoms with van der Waals surface area (Å²) in [6.07, 6.45) is 5.02. The molecule has 1 N–H and O–H groups in total. The Bertz CT molecular complexity index is 395. The van der Waals surface area contributed by atoms with Crippen LogP contribution in [-0.2, 0) is 6.61 Å². The van der Waals surface area contributed by atoms with Crippen molar-refractivity contribution in [1.82, 2.24) is 9.97 Å². The monoisotopic (exact) mass is 249 g/mol. The number of aromatic nitrogens is 2. The molecular weight excluding hydrogens is 226 g/mol. The zero-order chi connectivity index (χ0) is 13.0. The standard InChI is InChI=1S/C14H23N3O/c1-3-12-5-4-7-17(8-6-12)14-15-11(2)9-13(10-18)16-14/h9,12,18H,3-8,10H2,1-2H3. The van der Waals surface area contributed by atoms with Gasteiger partial charge in [-0.3, -0.25) is 0 Å². The average Bonchev–Trinajstić information content (AvgIpc) is 2.63. The van der Waals surface area contributed by atoms with E-state index in [-0.39, 0.29) is 6.61 Å². The molecule has 1 aromatic rings. The third kappa shape index (κ3) is 3.19. The van der Waals surface area contributed by atoms with Gasteiger partial charge in [0.05, 0.1) is 12.3 Å². The molecule has 0 radical (unpaired) electrons. The Morgan fingerprint density at radius 2 is 2.17 bits per heavy atom. The van der Waals surface area contributed by atoms with Crippen LogP contribution in [0.4, 0.5) is 5.95 Å². The molecule has 1 unspecified atom stereocenters. The van der Waals surface area contributed by atoms with Crippen LogP contribution in [0, 0.1) is 12.8 Å². The minimum Gasteiger partial charge on any atom is -0.390 e. The second-order valence-electron chi connectivity index (χ2n) is 5.15. The minimum absolute atomic E-state index is 0.0121. The Balaban J connectivity index is 2.13. The molecule has 1 aliphatic rings. The van der Waals surface area contributed by atoms with Crippen LogP contribution in [0.1, 0.15) is 44.0 Å². The molecule has 1 fully saturated rings. The van der Waals surface area contributed by atoms with Gasteiger partial charge in [-0.2, -0.15) is 0 Å². The van der Waals surface area contributed by atoms with Crippen molar-refractivity contribution >= 4 is 5.95 Å². The predicted octanol–water partition coefficient (Wildman–Crippen LogP) is 2.29. The van der Waals surface area contributed by atoms with Gasteiger partial charge in [0.2, 0.25) is 5.95 Å². The van der Waals surface area contributed by atoms with E-state index in [4.69, 9.17) is 0 Å². The van der Waals surface area contributed by atoms with E-state index in [9.17, 15) is 5.11 Å². The molecule has 2 rings (SSSR count). The molecule has 1 aliphatic heterocycles. The van der Waals surface area contributed by atoms with E-state index in [1.54, 1.807) is 0 Å². The molecule has 100 valence electrons. The first-order valence-corrected chi connectivity index (χ1v) is 6.93. The van der Waals surface area contributed by atoms with Crippen LogP contribution >= 0.6 is 0 Å². The number of hydrogen-bond acceptors (Lipinski definition) is 4. The van der Waals surface area contributed by atoms with Gasteiger partial charge in [-0.05, 0) is 38.2 Å². The molecule has 4 nitrogen and oxygen atoms in total. The highest BCUT2D eigenvalue weighted by Gasteiger charge is 2.18. The topological polar surface area (TPSA) is 49.2 Å². The molecule has 1 atom stereocenters. The first kappa shape index (κ1) is 13.3. The molecule has 1 aromatic heterocycles. The van der Waals surface area contributed by atoms with Crippen molar-refractivity contribution in [2.24, 2.45) is 5.92 Å². The zero-order valence-corrected chi connectivity index (χ0v) is 11.4. The maximum absolute atomic E-state index is 9.21. The summed E-state index contributed by atoms with van der Waals surface area (Å²) in [7, 11) is 0. The second-order valence-corrected chi connectivity index (χ2v) is 5.15. The quantitative estimate of drug-likeness (QED) is 0.893. The molecule has 4 heteroatoms. The number of anilines is 1. The van der Waals surface area contributed by atoms with E-state index in [1.165, 1.54) is 25.7 Å². The number of aliphatic hydroxyl groups is 1. The summed E-state index contributed by atoms with van der Waals surface area (Å²) in [6.45, 7) is 6.28. The van der Waals surface area contributed by atoms with Crippen molar-refractivity contribution in [2.45, 2.75) is 46.1 Å². The molecule has 2 heterocycles. The highest BCUT2D eigenvalue weighted by atomic mass is 16.3. The smallest absolute Gasteiger partial charge is 0.225 e. The molecule has 0 aromatic carbocycles. The molecule has 0 saturated carbocycles. The third-order valence-corrected chi connectivity index (χ3v) is 3.77. The SMILES string of the molecule is CCC1CCCN(c2nc(C)cc(CO)n2)CC1. The van der Waals surface area contributed by atoms with E-state index in [1.807, 2.05) is 13.0 Å². The largest absolute Gasteiger partial charge is 0.390 e. The summed E-state index contributed by atoms with van der Waals surface area (Å²) in [6, 6.07) is 1.84. The summed E-state index contributed by atoms with van der Waals surface area (Å²) in [5, 5.41) is 9.21. The van der Waals surface area contributed by atoms with Gasteiger partial charge in [-0.25, -0.2) is 9.97 Å². The Kier molecular flexibility index (Phi) is 4.53. The fourth-order valence-corrected chi connectivity index (χ4v) is 2.61. The highest BCUT2D eigenvalue weighted by molar-refractivity contribution is 5.32. The van der Waals surface area contributed by atoms with Gasteiger partial charge in [0.1, 0.15) is 0 Å². The second kappa shape index (κ2) is 6.14. The van der Waals surface area contributed by atoms with Crippen molar-refractivity contribution in [1.29, 1.82) is 0 Å². The lowest BCUT2D eigenvalue weighted by Crippen LogP contribution is -2.27. The lowest BCUT2D eigenvalue weighted by atomic mass is 9.98. The van der Waals surface area contributed by atoms with Gasteiger partial charge in [0.25, 0.3) is 0 Å². The van der Waals surface area contributed by atoms with E-state index < -0.39 is 0 Å². The Hall–Kier alpha value is -1.16. The average molecular weight is 249 g/mol. The van der Waals surface area contributed by atoms with Crippen molar-refractivity contribution in [3.8, 4) is 0 Å². The fourth-order valence-electron chi connectivity index (χ4n) is 2.61.